The Morgan fingerprint density at radius 1 is 1.29 bits per heavy atom. The minimum Gasteiger partial charge on any atom is -0.327 e. The van der Waals surface area contributed by atoms with Crippen LogP contribution in [0.1, 0.15) is 19.3 Å². The SMILES string of the molecule is CN1CCN(C)C(CC(N)C2CC2)C1. The average molecular weight is 197 g/mol. The Morgan fingerprint density at radius 2 is 2.00 bits per heavy atom. The van der Waals surface area contributed by atoms with Gasteiger partial charge in [-0.25, -0.2) is 0 Å². The smallest absolute Gasteiger partial charge is 0.0235 e. The third kappa shape index (κ3) is 2.47. The monoisotopic (exact) mass is 197 g/mol. The van der Waals surface area contributed by atoms with Crippen LogP contribution < -0.4 is 5.73 Å². The van der Waals surface area contributed by atoms with Gasteiger partial charge in [0.25, 0.3) is 0 Å². The quantitative estimate of drug-likeness (QED) is 0.709. The lowest BCUT2D eigenvalue weighted by atomic mass is 10.0. The van der Waals surface area contributed by atoms with Crippen molar-refractivity contribution in [3.05, 3.63) is 0 Å². The Bertz CT molecular complexity index is 191. The van der Waals surface area contributed by atoms with Crippen molar-refractivity contribution in [1.82, 2.24) is 9.80 Å². The van der Waals surface area contributed by atoms with Gasteiger partial charge in [-0.1, -0.05) is 0 Å². The van der Waals surface area contributed by atoms with Crippen LogP contribution in [-0.2, 0) is 0 Å². The van der Waals surface area contributed by atoms with Gasteiger partial charge in [0.2, 0.25) is 0 Å². The summed E-state index contributed by atoms with van der Waals surface area (Å²) in [4.78, 5) is 4.90. The van der Waals surface area contributed by atoms with E-state index in [9.17, 15) is 0 Å². The number of hydrogen-bond donors (Lipinski definition) is 1. The maximum Gasteiger partial charge on any atom is 0.0235 e. The summed E-state index contributed by atoms with van der Waals surface area (Å²) >= 11 is 0. The number of likely N-dealkylation sites (N-methyl/N-ethyl adjacent to an activating group) is 2. The summed E-state index contributed by atoms with van der Waals surface area (Å²) in [5.74, 6) is 0.843. The van der Waals surface area contributed by atoms with E-state index in [-0.39, 0.29) is 0 Å². The van der Waals surface area contributed by atoms with Crippen LogP contribution in [0.4, 0.5) is 0 Å². The first-order chi connectivity index (χ1) is 6.66. The second kappa shape index (κ2) is 4.17. The highest BCUT2D eigenvalue weighted by atomic mass is 15.3. The largest absolute Gasteiger partial charge is 0.327 e. The number of nitrogens with zero attached hydrogens (tertiary/aromatic N) is 2. The van der Waals surface area contributed by atoms with Crippen LogP contribution in [0.3, 0.4) is 0 Å². The first-order valence-corrected chi connectivity index (χ1v) is 5.81. The van der Waals surface area contributed by atoms with E-state index >= 15 is 0 Å². The van der Waals surface area contributed by atoms with E-state index in [2.05, 4.69) is 23.9 Å². The van der Waals surface area contributed by atoms with Gasteiger partial charge in [-0.05, 0) is 39.3 Å². The summed E-state index contributed by atoms with van der Waals surface area (Å²) in [6.07, 6.45) is 3.92. The van der Waals surface area contributed by atoms with Crippen molar-refractivity contribution < 1.29 is 0 Å². The minimum absolute atomic E-state index is 0.453. The van der Waals surface area contributed by atoms with Crippen molar-refractivity contribution in [2.75, 3.05) is 33.7 Å². The molecule has 82 valence electrons. The topological polar surface area (TPSA) is 32.5 Å². The fourth-order valence-electron chi connectivity index (χ4n) is 2.39. The number of rotatable bonds is 3. The average Bonchev–Trinajstić information content (AvgIpc) is 2.94. The van der Waals surface area contributed by atoms with Crippen LogP contribution in [0.5, 0.6) is 0 Å². The fourth-order valence-corrected chi connectivity index (χ4v) is 2.39. The zero-order valence-corrected chi connectivity index (χ0v) is 9.45. The van der Waals surface area contributed by atoms with Gasteiger partial charge >= 0.3 is 0 Å². The van der Waals surface area contributed by atoms with Gasteiger partial charge in [-0.15, -0.1) is 0 Å². The summed E-state index contributed by atoms with van der Waals surface area (Å²) in [7, 11) is 4.44. The van der Waals surface area contributed by atoms with Crippen molar-refractivity contribution in [2.45, 2.75) is 31.3 Å². The molecule has 2 atom stereocenters. The molecule has 3 nitrogen and oxygen atoms in total. The number of nitrogens with two attached hydrogens (primary N) is 1. The Morgan fingerprint density at radius 3 is 2.64 bits per heavy atom. The maximum absolute atomic E-state index is 6.17. The predicted molar refractivity (Wildman–Crippen MR) is 59.2 cm³/mol. The van der Waals surface area contributed by atoms with Gasteiger partial charge in [0.15, 0.2) is 0 Å². The van der Waals surface area contributed by atoms with Crippen molar-refractivity contribution in [3.8, 4) is 0 Å². The van der Waals surface area contributed by atoms with Crippen LogP contribution in [-0.4, -0.2) is 55.6 Å². The van der Waals surface area contributed by atoms with Crippen LogP contribution in [0.2, 0.25) is 0 Å². The normalized spacial score (nSPS) is 33.2. The molecular formula is C11H23N3. The molecule has 0 aromatic rings. The number of piperazine rings is 1. The lowest BCUT2D eigenvalue weighted by molar-refractivity contribution is 0.102. The van der Waals surface area contributed by atoms with Gasteiger partial charge in [0, 0.05) is 31.7 Å². The number of hydrogen-bond acceptors (Lipinski definition) is 3. The highest BCUT2D eigenvalue weighted by Crippen LogP contribution is 2.33. The van der Waals surface area contributed by atoms with Gasteiger partial charge < -0.3 is 15.5 Å². The molecule has 14 heavy (non-hydrogen) atoms. The molecule has 2 N–H and O–H groups in total. The Hall–Kier alpha value is -0.120. The highest BCUT2D eigenvalue weighted by molar-refractivity contribution is 4.89. The predicted octanol–water partition coefficient (Wildman–Crippen LogP) is 0.360. The molecule has 0 bridgehead atoms. The van der Waals surface area contributed by atoms with Crippen molar-refractivity contribution in [2.24, 2.45) is 11.7 Å². The van der Waals surface area contributed by atoms with Crippen molar-refractivity contribution in [1.29, 1.82) is 0 Å². The van der Waals surface area contributed by atoms with E-state index in [0.717, 1.165) is 5.92 Å². The lowest BCUT2D eigenvalue weighted by Crippen LogP contribution is -2.51. The molecule has 2 unspecified atom stereocenters. The van der Waals surface area contributed by atoms with Crippen LogP contribution in [0.15, 0.2) is 0 Å². The van der Waals surface area contributed by atoms with E-state index in [0.29, 0.717) is 12.1 Å². The molecule has 2 rings (SSSR count). The molecule has 0 aromatic carbocycles. The molecule has 0 radical (unpaired) electrons. The second-order valence-electron chi connectivity index (χ2n) is 5.13. The van der Waals surface area contributed by atoms with E-state index < -0.39 is 0 Å². The summed E-state index contributed by atoms with van der Waals surface area (Å²) in [5.41, 5.74) is 6.17. The van der Waals surface area contributed by atoms with Gasteiger partial charge in [-0.2, -0.15) is 0 Å². The molecule has 1 aliphatic carbocycles. The zero-order chi connectivity index (χ0) is 10.1. The molecule has 1 saturated heterocycles. The van der Waals surface area contributed by atoms with Crippen molar-refractivity contribution >= 4 is 0 Å². The minimum atomic E-state index is 0.453. The third-order valence-corrected chi connectivity index (χ3v) is 3.75. The summed E-state index contributed by atoms with van der Waals surface area (Å²) in [5, 5.41) is 0. The van der Waals surface area contributed by atoms with E-state index in [1.165, 1.54) is 38.9 Å². The molecule has 0 amide bonds. The van der Waals surface area contributed by atoms with Crippen LogP contribution >= 0.6 is 0 Å². The van der Waals surface area contributed by atoms with E-state index in [1.807, 2.05) is 0 Å². The summed E-state index contributed by atoms with van der Waals surface area (Å²) < 4.78 is 0. The molecule has 1 heterocycles. The Balaban J connectivity index is 1.81. The molecule has 1 aliphatic heterocycles. The second-order valence-corrected chi connectivity index (χ2v) is 5.13. The maximum atomic E-state index is 6.17. The Kier molecular flexibility index (Phi) is 3.10. The first-order valence-electron chi connectivity index (χ1n) is 5.81. The van der Waals surface area contributed by atoms with Gasteiger partial charge in [0.1, 0.15) is 0 Å². The van der Waals surface area contributed by atoms with Gasteiger partial charge in [0.05, 0.1) is 0 Å². The standard InChI is InChI=1S/C11H23N3/c1-13-5-6-14(2)10(8-13)7-11(12)9-3-4-9/h9-11H,3-8,12H2,1-2H3. The van der Waals surface area contributed by atoms with Crippen molar-refractivity contribution in [3.63, 3.8) is 0 Å². The fraction of sp³-hybridized carbons (Fsp3) is 1.00. The molecule has 0 aromatic heterocycles. The summed E-state index contributed by atoms with van der Waals surface area (Å²) in [6.45, 7) is 3.58. The third-order valence-electron chi connectivity index (χ3n) is 3.75. The van der Waals surface area contributed by atoms with E-state index in [1.54, 1.807) is 0 Å². The lowest BCUT2D eigenvalue weighted by Gasteiger charge is -2.38. The van der Waals surface area contributed by atoms with Gasteiger partial charge in [-0.3, -0.25) is 0 Å². The zero-order valence-electron chi connectivity index (χ0n) is 9.45. The molecule has 3 heteroatoms. The molecule has 0 spiro atoms. The highest BCUT2D eigenvalue weighted by Gasteiger charge is 2.32. The Labute approximate surface area is 87.2 Å². The molecule has 2 fully saturated rings. The molecule has 1 saturated carbocycles. The van der Waals surface area contributed by atoms with E-state index in [4.69, 9.17) is 5.73 Å². The molecular weight excluding hydrogens is 174 g/mol. The first kappa shape index (κ1) is 10.4. The van der Waals surface area contributed by atoms with Crippen LogP contribution in [0, 0.1) is 5.92 Å². The van der Waals surface area contributed by atoms with Crippen LogP contribution in [0.25, 0.3) is 0 Å². The molecule has 2 aliphatic rings. The summed E-state index contributed by atoms with van der Waals surface area (Å²) in [6, 6.07) is 1.14.